The molecule has 0 fully saturated rings. The van der Waals surface area contributed by atoms with Gasteiger partial charge < -0.3 is 14.6 Å². The molecule has 0 saturated heterocycles. The van der Waals surface area contributed by atoms with E-state index < -0.39 is 0 Å². The molecule has 0 aliphatic heterocycles. The van der Waals surface area contributed by atoms with Gasteiger partial charge in [-0.3, -0.25) is 4.79 Å². The molecule has 0 aliphatic carbocycles. The number of amides is 1. The molecule has 5 nitrogen and oxygen atoms in total. The maximum Gasteiger partial charge on any atom is 0.248 e. The van der Waals surface area contributed by atoms with E-state index in [1.807, 2.05) is 55.1 Å². The fourth-order valence-electron chi connectivity index (χ4n) is 2.39. The Labute approximate surface area is 163 Å². The average Bonchev–Trinajstić information content (AvgIpc) is 3.07. The highest BCUT2D eigenvalue weighted by Gasteiger charge is 2.02. The third-order valence-electron chi connectivity index (χ3n) is 4.03. The summed E-state index contributed by atoms with van der Waals surface area (Å²) in [7, 11) is 1.92. The molecule has 2 aromatic carbocycles. The standard InChI is InChI=1S/C21H20ClN3O2/c1-15-3-4-16(13-19(15)22)5-10-21(26)24-17-6-8-18(9-7-17)27-14-20-23-11-12-25(20)2/h3-13H,14H2,1-2H3,(H,24,26)/b10-5+. The van der Waals surface area contributed by atoms with E-state index in [0.717, 1.165) is 17.0 Å². The van der Waals surface area contributed by atoms with Crippen molar-refractivity contribution in [1.29, 1.82) is 0 Å². The molecule has 0 aliphatic rings. The summed E-state index contributed by atoms with van der Waals surface area (Å²) in [6, 6.07) is 12.9. The van der Waals surface area contributed by atoms with Gasteiger partial charge in [0, 0.05) is 36.2 Å². The van der Waals surface area contributed by atoms with E-state index in [4.69, 9.17) is 16.3 Å². The molecule has 1 amide bonds. The third kappa shape index (κ3) is 5.21. The molecule has 0 radical (unpaired) electrons. The lowest BCUT2D eigenvalue weighted by molar-refractivity contribution is -0.111. The zero-order chi connectivity index (χ0) is 19.2. The van der Waals surface area contributed by atoms with E-state index in [1.54, 1.807) is 24.4 Å². The molecule has 0 bridgehead atoms. The van der Waals surface area contributed by atoms with Crippen molar-refractivity contribution in [2.75, 3.05) is 5.32 Å². The molecule has 0 saturated carbocycles. The number of nitrogens with one attached hydrogen (secondary N) is 1. The number of hydrogen-bond acceptors (Lipinski definition) is 3. The van der Waals surface area contributed by atoms with Crippen LogP contribution >= 0.6 is 11.6 Å². The van der Waals surface area contributed by atoms with E-state index in [0.29, 0.717) is 23.1 Å². The highest BCUT2D eigenvalue weighted by molar-refractivity contribution is 6.31. The SMILES string of the molecule is Cc1ccc(/C=C/C(=O)Nc2ccc(OCc3nccn3C)cc2)cc1Cl. The number of carbonyl (C=O) groups is 1. The van der Waals surface area contributed by atoms with Gasteiger partial charge in [-0.25, -0.2) is 4.98 Å². The Morgan fingerprint density at radius 3 is 2.70 bits per heavy atom. The Hall–Kier alpha value is -3.05. The Kier molecular flexibility index (Phi) is 5.94. The molecule has 138 valence electrons. The van der Waals surface area contributed by atoms with Crippen molar-refractivity contribution >= 4 is 29.3 Å². The highest BCUT2D eigenvalue weighted by atomic mass is 35.5. The lowest BCUT2D eigenvalue weighted by Crippen LogP contribution is -2.07. The van der Waals surface area contributed by atoms with Crippen LogP contribution in [0.5, 0.6) is 5.75 Å². The summed E-state index contributed by atoms with van der Waals surface area (Å²) in [5.41, 5.74) is 2.57. The first kappa shape index (κ1) is 18.7. The summed E-state index contributed by atoms with van der Waals surface area (Å²) < 4.78 is 7.60. The van der Waals surface area contributed by atoms with Gasteiger partial charge >= 0.3 is 0 Å². The summed E-state index contributed by atoms with van der Waals surface area (Å²) in [5, 5.41) is 3.49. The minimum Gasteiger partial charge on any atom is -0.486 e. The molecule has 0 spiro atoms. The second-order valence-corrected chi connectivity index (χ2v) is 6.51. The zero-order valence-electron chi connectivity index (χ0n) is 15.1. The quantitative estimate of drug-likeness (QED) is 0.634. The fraction of sp³-hybridized carbons (Fsp3) is 0.143. The van der Waals surface area contributed by atoms with Gasteiger partial charge in [-0.05, 0) is 54.5 Å². The lowest BCUT2D eigenvalue weighted by atomic mass is 10.1. The van der Waals surface area contributed by atoms with Gasteiger partial charge in [0.2, 0.25) is 5.91 Å². The van der Waals surface area contributed by atoms with Gasteiger partial charge in [0.15, 0.2) is 0 Å². The summed E-state index contributed by atoms with van der Waals surface area (Å²) in [4.78, 5) is 16.3. The van der Waals surface area contributed by atoms with Crippen LogP contribution in [0.1, 0.15) is 17.0 Å². The van der Waals surface area contributed by atoms with Gasteiger partial charge in [-0.15, -0.1) is 0 Å². The molecular weight excluding hydrogens is 362 g/mol. The van der Waals surface area contributed by atoms with E-state index in [9.17, 15) is 4.79 Å². The minimum atomic E-state index is -0.214. The summed E-state index contributed by atoms with van der Waals surface area (Å²) in [5.74, 6) is 1.34. The number of anilines is 1. The van der Waals surface area contributed by atoms with Crippen LogP contribution in [0, 0.1) is 6.92 Å². The van der Waals surface area contributed by atoms with E-state index >= 15 is 0 Å². The number of halogens is 1. The van der Waals surface area contributed by atoms with E-state index in [1.165, 1.54) is 6.08 Å². The van der Waals surface area contributed by atoms with Crippen LogP contribution in [0.4, 0.5) is 5.69 Å². The van der Waals surface area contributed by atoms with Crippen LogP contribution in [0.15, 0.2) is 60.9 Å². The van der Waals surface area contributed by atoms with Crippen LogP contribution in [0.25, 0.3) is 6.08 Å². The van der Waals surface area contributed by atoms with Crippen LogP contribution in [-0.2, 0) is 18.4 Å². The molecule has 1 N–H and O–H groups in total. The number of nitrogens with zero attached hydrogens (tertiary/aromatic N) is 2. The first-order valence-corrected chi connectivity index (χ1v) is 8.83. The second-order valence-electron chi connectivity index (χ2n) is 6.10. The molecule has 3 aromatic rings. The summed E-state index contributed by atoms with van der Waals surface area (Å²) in [6.45, 7) is 2.32. The largest absolute Gasteiger partial charge is 0.486 e. The van der Waals surface area contributed by atoms with Crippen LogP contribution < -0.4 is 10.1 Å². The fourth-order valence-corrected chi connectivity index (χ4v) is 2.58. The van der Waals surface area contributed by atoms with Crippen molar-refractivity contribution in [2.24, 2.45) is 7.05 Å². The number of aryl methyl sites for hydroxylation is 2. The minimum absolute atomic E-state index is 0.214. The van der Waals surface area contributed by atoms with Crippen molar-refractivity contribution in [1.82, 2.24) is 9.55 Å². The number of imidazole rings is 1. The monoisotopic (exact) mass is 381 g/mol. The number of aromatic nitrogens is 2. The van der Waals surface area contributed by atoms with Crippen molar-refractivity contribution in [3.63, 3.8) is 0 Å². The Balaban J connectivity index is 1.54. The Morgan fingerprint density at radius 2 is 2.04 bits per heavy atom. The second kappa shape index (κ2) is 8.56. The molecule has 27 heavy (non-hydrogen) atoms. The van der Waals surface area contributed by atoms with Gasteiger partial charge in [-0.2, -0.15) is 0 Å². The Morgan fingerprint density at radius 1 is 1.26 bits per heavy atom. The smallest absolute Gasteiger partial charge is 0.248 e. The molecule has 3 rings (SSSR count). The molecule has 1 aromatic heterocycles. The number of carbonyl (C=O) groups excluding carboxylic acids is 1. The number of hydrogen-bond donors (Lipinski definition) is 1. The predicted octanol–water partition coefficient (Wildman–Crippen LogP) is 4.61. The predicted molar refractivity (Wildman–Crippen MR) is 108 cm³/mol. The maximum absolute atomic E-state index is 12.1. The molecule has 0 unspecified atom stereocenters. The zero-order valence-corrected chi connectivity index (χ0v) is 15.9. The molecular formula is C21H20ClN3O2. The number of benzene rings is 2. The van der Waals surface area contributed by atoms with Gasteiger partial charge in [0.25, 0.3) is 0 Å². The van der Waals surface area contributed by atoms with E-state index in [2.05, 4.69) is 10.3 Å². The number of ether oxygens (including phenoxy) is 1. The topological polar surface area (TPSA) is 56.1 Å². The summed E-state index contributed by atoms with van der Waals surface area (Å²) >= 11 is 6.09. The molecule has 1 heterocycles. The van der Waals surface area contributed by atoms with Crippen LogP contribution in [-0.4, -0.2) is 15.5 Å². The first-order valence-electron chi connectivity index (χ1n) is 8.45. The Bertz CT molecular complexity index is 962. The van der Waals surface area contributed by atoms with Gasteiger partial charge in [0.1, 0.15) is 18.2 Å². The van der Waals surface area contributed by atoms with Gasteiger partial charge in [0.05, 0.1) is 0 Å². The van der Waals surface area contributed by atoms with Crippen LogP contribution in [0.2, 0.25) is 5.02 Å². The number of rotatable bonds is 6. The normalized spacial score (nSPS) is 10.9. The van der Waals surface area contributed by atoms with Crippen molar-refractivity contribution < 1.29 is 9.53 Å². The third-order valence-corrected chi connectivity index (χ3v) is 4.44. The molecule has 6 heteroatoms. The van der Waals surface area contributed by atoms with Gasteiger partial charge in [-0.1, -0.05) is 23.7 Å². The lowest BCUT2D eigenvalue weighted by Gasteiger charge is -2.07. The van der Waals surface area contributed by atoms with Crippen molar-refractivity contribution in [3.8, 4) is 5.75 Å². The molecule has 0 atom stereocenters. The van der Waals surface area contributed by atoms with Crippen molar-refractivity contribution in [2.45, 2.75) is 13.5 Å². The van der Waals surface area contributed by atoms with Crippen molar-refractivity contribution in [3.05, 3.63) is 82.9 Å². The average molecular weight is 382 g/mol. The van der Waals surface area contributed by atoms with Crippen LogP contribution in [0.3, 0.4) is 0 Å². The maximum atomic E-state index is 12.1. The highest BCUT2D eigenvalue weighted by Crippen LogP contribution is 2.18. The summed E-state index contributed by atoms with van der Waals surface area (Å²) in [6.07, 6.45) is 6.81. The van der Waals surface area contributed by atoms with E-state index in [-0.39, 0.29) is 5.91 Å². The first-order chi connectivity index (χ1) is 13.0.